The Morgan fingerprint density at radius 2 is 1.73 bits per heavy atom. The lowest BCUT2D eigenvalue weighted by atomic mass is 9.85. The maximum Gasteiger partial charge on any atom is 0.153 e. The fourth-order valence-electron chi connectivity index (χ4n) is 1.48. The van der Waals surface area contributed by atoms with E-state index in [4.69, 9.17) is 23.2 Å². The summed E-state index contributed by atoms with van der Waals surface area (Å²) in [6.45, 7) is 8.17. The molecular formula is C12H16Cl2O. The van der Waals surface area contributed by atoms with E-state index in [1.54, 1.807) is 0 Å². The molecule has 0 unspecified atom stereocenters. The Morgan fingerprint density at radius 3 is 2.13 bits per heavy atom. The van der Waals surface area contributed by atoms with Crippen molar-refractivity contribution in [1.29, 1.82) is 0 Å². The highest BCUT2D eigenvalue weighted by molar-refractivity contribution is 6.38. The van der Waals surface area contributed by atoms with E-state index < -0.39 is 0 Å². The number of phenolic OH excluding ortho intramolecular Hbond substituents is 1. The number of aryl methyl sites for hydroxylation is 1. The van der Waals surface area contributed by atoms with E-state index in [0.29, 0.717) is 10.0 Å². The highest BCUT2D eigenvalue weighted by atomic mass is 35.5. The maximum absolute atomic E-state index is 9.80. The van der Waals surface area contributed by atoms with Crippen molar-refractivity contribution in [2.24, 2.45) is 0 Å². The first-order valence-corrected chi connectivity index (χ1v) is 5.75. The molecule has 0 fully saturated rings. The van der Waals surface area contributed by atoms with Crippen molar-refractivity contribution < 1.29 is 5.11 Å². The Kier molecular flexibility index (Phi) is 3.57. The minimum absolute atomic E-state index is 0.00242. The van der Waals surface area contributed by atoms with E-state index in [9.17, 15) is 5.11 Å². The van der Waals surface area contributed by atoms with Gasteiger partial charge in [0.15, 0.2) is 5.75 Å². The standard InChI is InChI=1S/C12H16Cl2O/c1-5-7-6-8(12(2,3)4)10(14)11(15)9(7)13/h6,15H,5H2,1-4H3. The van der Waals surface area contributed by atoms with Gasteiger partial charge in [0.2, 0.25) is 0 Å². The third-order valence-corrected chi connectivity index (χ3v) is 3.25. The third kappa shape index (κ3) is 2.40. The molecule has 0 amide bonds. The van der Waals surface area contributed by atoms with Gasteiger partial charge in [-0.05, 0) is 23.0 Å². The molecule has 0 spiro atoms. The van der Waals surface area contributed by atoms with Crippen LogP contribution in [0.5, 0.6) is 5.75 Å². The molecule has 1 N–H and O–H groups in total. The third-order valence-electron chi connectivity index (χ3n) is 2.44. The molecule has 0 aliphatic heterocycles. The molecule has 1 aromatic carbocycles. The summed E-state index contributed by atoms with van der Waals surface area (Å²) < 4.78 is 0. The summed E-state index contributed by atoms with van der Waals surface area (Å²) in [5, 5.41) is 10.5. The smallest absolute Gasteiger partial charge is 0.153 e. The molecule has 1 rings (SSSR count). The highest BCUT2D eigenvalue weighted by Gasteiger charge is 2.22. The number of rotatable bonds is 1. The average molecular weight is 247 g/mol. The Balaban J connectivity index is 3.49. The molecule has 0 saturated carbocycles. The number of benzene rings is 1. The van der Waals surface area contributed by atoms with Crippen LogP contribution in [0.25, 0.3) is 0 Å². The van der Waals surface area contributed by atoms with Gasteiger partial charge in [-0.25, -0.2) is 0 Å². The normalized spacial score (nSPS) is 11.9. The van der Waals surface area contributed by atoms with Crippen molar-refractivity contribution in [2.45, 2.75) is 39.5 Å². The summed E-state index contributed by atoms with van der Waals surface area (Å²) in [6.07, 6.45) is 0.784. The molecule has 0 aromatic heterocycles. The number of hydrogen-bond acceptors (Lipinski definition) is 1. The van der Waals surface area contributed by atoms with Gasteiger partial charge in [0, 0.05) is 0 Å². The van der Waals surface area contributed by atoms with Crippen LogP contribution in [0.4, 0.5) is 0 Å². The fraction of sp³-hybridized carbons (Fsp3) is 0.500. The quantitative estimate of drug-likeness (QED) is 0.771. The Bertz CT molecular complexity index is 378. The van der Waals surface area contributed by atoms with E-state index >= 15 is 0 Å². The molecule has 1 nitrogen and oxygen atoms in total. The number of aromatic hydroxyl groups is 1. The zero-order valence-electron chi connectivity index (χ0n) is 9.49. The van der Waals surface area contributed by atoms with Crippen LogP contribution in [0.1, 0.15) is 38.8 Å². The summed E-state index contributed by atoms with van der Waals surface area (Å²) in [5.74, 6) is 0.00242. The summed E-state index contributed by atoms with van der Waals surface area (Å²) in [6, 6.07) is 1.98. The van der Waals surface area contributed by atoms with Gasteiger partial charge in [-0.3, -0.25) is 0 Å². The van der Waals surface area contributed by atoms with Crippen LogP contribution < -0.4 is 0 Å². The van der Waals surface area contributed by atoms with Crippen LogP contribution in [0.3, 0.4) is 0 Å². The Labute approximate surface area is 101 Å². The highest BCUT2D eigenvalue weighted by Crippen LogP contribution is 2.41. The zero-order chi connectivity index (χ0) is 11.8. The van der Waals surface area contributed by atoms with Gasteiger partial charge < -0.3 is 5.11 Å². The van der Waals surface area contributed by atoms with Crippen LogP contribution in [0, 0.1) is 0 Å². The summed E-state index contributed by atoms with van der Waals surface area (Å²) in [4.78, 5) is 0. The van der Waals surface area contributed by atoms with Gasteiger partial charge in [-0.15, -0.1) is 0 Å². The van der Waals surface area contributed by atoms with Crippen LogP contribution in [-0.2, 0) is 11.8 Å². The van der Waals surface area contributed by atoms with Crippen molar-refractivity contribution in [3.05, 3.63) is 27.2 Å². The van der Waals surface area contributed by atoms with Crippen molar-refractivity contribution in [2.75, 3.05) is 0 Å². The van der Waals surface area contributed by atoms with Crippen molar-refractivity contribution in [3.63, 3.8) is 0 Å². The predicted octanol–water partition coefficient (Wildman–Crippen LogP) is 4.56. The lowest BCUT2D eigenvalue weighted by Crippen LogP contribution is -2.12. The van der Waals surface area contributed by atoms with Gasteiger partial charge in [0.1, 0.15) is 0 Å². The van der Waals surface area contributed by atoms with E-state index in [-0.39, 0.29) is 11.2 Å². The van der Waals surface area contributed by atoms with Crippen molar-refractivity contribution in [3.8, 4) is 5.75 Å². The van der Waals surface area contributed by atoms with Crippen LogP contribution in [0.15, 0.2) is 6.07 Å². The second-order valence-electron chi connectivity index (χ2n) is 4.66. The molecule has 0 bridgehead atoms. The summed E-state index contributed by atoms with van der Waals surface area (Å²) >= 11 is 12.1. The molecular weight excluding hydrogens is 231 g/mol. The molecule has 0 aliphatic carbocycles. The largest absolute Gasteiger partial charge is 0.505 e. The SMILES string of the molecule is CCc1cc(C(C)(C)C)c(Cl)c(O)c1Cl. The second-order valence-corrected chi connectivity index (χ2v) is 5.42. The minimum Gasteiger partial charge on any atom is -0.505 e. The van der Waals surface area contributed by atoms with Crippen molar-refractivity contribution in [1.82, 2.24) is 0 Å². The van der Waals surface area contributed by atoms with Crippen molar-refractivity contribution >= 4 is 23.2 Å². The van der Waals surface area contributed by atoms with Gasteiger partial charge in [-0.2, -0.15) is 0 Å². The molecule has 0 saturated heterocycles. The maximum atomic E-state index is 9.80. The number of halogens is 2. The van der Waals surface area contributed by atoms with E-state index in [0.717, 1.165) is 17.5 Å². The van der Waals surface area contributed by atoms with Gasteiger partial charge in [0.25, 0.3) is 0 Å². The fourth-order valence-corrected chi connectivity index (χ4v) is 2.24. The van der Waals surface area contributed by atoms with Crippen LogP contribution in [-0.4, -0.2) is 5.11 Å². The first-order chi connectivity index (χ1) is 6.79. The molecule has 0 aliphatic rings. The van der Waals surface area contributed by atoms with E-state index in [1.807, 2.05) is 13.0 Å². The second kappa shape index (κ2) is 4.23. The van der Waals surface area contributed by atoms with E-state index in [1.165, 1.54) is 0 Å². The first-order valence-electron chi connectivity index (χ1n) is 4.99. The Hall–Kier alpha value is -0.400. The Morgan fingerprint density at radius 1 is 1.20 bits per heavy atom. The number of hydrogen-bond donors (Lipinski definition) is 1. The summed E-state index contributed by atoms with van der Waals surface area (Å²) in [5.41, 5.74) is 1.77. The van der Waals surface area contributed by atoms with Gasteiger partial charge in [-0.1, -0.05) is 57.0 Å². The van der Waals surface area contributed by atoms with Gasteiger partial charge >= 0.3 is 0 Å². The molecule has 0 heterocycles. The summed E-state index contributed by atoms with van der Waals surface area (Å²) in [7, 11) is 0. The molecule has 0 atom stereocenters. The first kappa shape index (κ1) is 12.7. The lowest BCUT2D eigenvalue weighted by Gasteiger charge is -2.23. The molecule has 84 valence electrons. The molecule has 1 aromatic rings. The van der Waals surface area contributed by atoms with Gasteiger partial charge in [0.05, 0.1) is 10.0 Å². The predicted molar refractivity (Wildman–Crippen MR) is 66.2 cm³/mol. The van der Waals surface area contributed by atoms with Crippen LogP contribution >= 0.6 is 23.2 Å². The topological polar surface area (TPSA) is 20.2 Å². The molecule has 0 radical (unpaired) electrons. The number of phenols is 1. The molecule has 3 heteroatoms. The minimum atomic E-state index is -0.0942. The van der Waals surface area contributed by atoms with E-state index in [2.05, 4.69) is 20.8 Å². The molecule has 15 heavy (non-hydrogen) atoms. The monoisotopic (exact) mass is 246 g/mol. The lowest BCUT2D eigenvalue weighted by molar-refractivity contribution is 0.470. The zero-order valence-corrected chi connectivity index (χ0v) is 11.0. The van der Waals surface area contributed by atoms with Crippen LogP contribution in [0.2, 0.25) is 10.0 Å². The average Bonchev–Trinajstić information content (AvgIpc) is 2.13.